The first-order valence-corrected chi connectivity index (χ1v) is 9.72. The number of pyridine rings is 2. The monoisotopic (exact) mass is 368 g/mol. The molecule has 0 amide bonds. The summed E-state index contributed by atoms with van der Waals surface area (Å²) in [5.41, 5.74) is 2.66. The molecule has 0 bridgehead atoms. The first-order chi connectivity index (χ1) is 12.8. The lowest BCUT2D eigenvalue weighted by atomic mass is 10.1. The van der Waals surface area contributed by atoms with Crippen molar-refractivity contribution in [1.29, 1.82) is 0 Å². The topological polar surface area (TPSA) is 68.2 Å². The minimum atomic E-state index is -0.334. The minimum absolute atomic E-state index is 0.334. The first kappa shape index (κ1) is 16.9. The van der Waals surface area contributed by atoms with Gasteiger partial charge in [-0.3, -0.25) is 4.98 Å². The highest BCUT2D eigenvalue weighted by Crippen LogP contribution is 2.34. The van der Waals surface area contributed by atoms with Crippen LogP contribution in [0.15, 0.2) is 30.6 Å². The Bertz CT molecular complexity index is 920. The molecule has 0 saturated carbocycles. The van der Waals surface area contributed by atoms with Crippen LogP contribution in [0.5, 0.6) is 0 Å². The Morgan fingerprint density at radius 1 is 1.27 bits per heavy atom. The molecule has 0 aromatic carbocycles. The van der Waals surface area contributed by atoms with Crippen LogP contribution in [-0.4, -0.2) is 40.6 Å². The minimum Gasteiger partial charge on any atom is -0.462 e. The van der Waals surface area contributed by atoms with Crippen LogP contribution >= 0.6 is 11.3 Å². The molecule has 0 atom stereocenters. The van der Waals surface area contributed by atoms with Crippen LogP contribution in [0.25, 0.3) is 21.6 Å². The Labute approximate surface area is 155 Å². The average Bonchev–Trinajstić information content (AvgIpc) is 3.13. The zero-order valence-corrected chi connectivity index (χ0v) is 15.5. The van der Waals surface area contributed by atoms with E-state index < -0.39 is 0 Å². The fourth-order valence-electron chi connectivity index (χ4n) is 3.14. The van der Waals surface area contributed by atoms with Gasteiger partial charge in [-0.05, 0) is 44.4 Å². The maximum Gasteiger partial charge on any atom is 0.339 e. The fraction of sp³-hybridized carbons (Fsp3) is 0.368. The maximum atomic E-state index is 12.5. The molecule has 6 nitrogen and oxygen atoms in total. The molecule has 0 aliphatic carbocycles. The lowest BCUT2D eigenvalue weighted by molar-refractivity contribution is 0.0529. The van der Waals surface area contributed by atoms with Gasteiger partial charge in [0.1, 0.15) is 0 Å². The third-order valence-electron chi connectivity index (χ3n) is 4.43. The highest BCUT2D eigenvalue weighted by Gasteiger charge is 2.21. The van der Waals surface area contributed by atoms with Gasteiger partial charge in [0.15, 0.2) is 10.8 Å². The lowest BCUT2D eigenvalue weighted by Crippen LogP contribution is -2.29. The van der Waals surface area contributed by atoms with Crippen molar-refractivity contribution in [1.82, 2.24) is 15.0 Å². The van der Waals surface area contributed by atoms with Gasteiger partial charge in [-0.1, -0.05) is 11.3 Å². The van der Waals surface area contributed by atoms with Gasteiger partial charge in [0.25, 0.3) is 0 Å². The predicted molar refractivity (Wildman–Crippen MR) is 103 cm³/mol. The highest BCUT2D eigenvalue weighted by atomic mass is 32.1. The Hall–Kier alpha value is -2.54. The number of thiazole rings is 1. The summed E-state index contributed by atoms with van der Waals surface area (Å²) in [6, 6.07) is 5.56. The molecule has 0 radical (unpaired) electrons. The molecule has 1 aliphatic rings. The van der Waals surface area contributed by atoms with Crippen molar-refractivity contribution < 1.29 is 9.53 Å². The zero-order chi connectivity index (χ0) is 17.9. The molecular formula is C19H20N4O2S. The molecule has 4 heterocycles. The standard InChI is InChI=1S/C19H20N4O2S/c1-2-25-18(24)14-11-15(13-7-6-8-20-12-13)21-17-16(14)26-19(22-17)23-9-4-3-5-10-23/h6-8,11-12H,2-5,9-10H2,1H3. The van der Waals surface area contributed by atoms with E-state index in [0.717, 1.165) is 28.5 Å². The average molecular weight is 368 g/mol. The summed E-state index contributed by atoms with van der Waals surface area (Å²) in [6.07, 6.45) is 7.07. The van der Waals surface area contributed by atoms with Crippen molar-refractivity contribution in [3.8, 4) is 11.3 Å². The number of hydrogen-bond acceptors (Lipinski definition) is 7. The second-order valence-corrected chi connectivity index (χ2v) is 7.19. The summed E-state index contributed by atoms with van der Waals surface area (Å²) in [6.45, 7) is 4.15. The third kappa shape index (κ3) is 3.26. The second kappa shape index (κ2) is 7.37. The van der Waals surface area contributed by atoms with E-state index in [0.29, 0.717) is 23.5 Å². The van der Waals surface area contributed by atoms with E-state index in [1.807, 2.05) is 19.1 Å². The fourth-order valence-corrected chi connectivity index (χ4v) is 4.21. The molecule has 1 fully saturated rings. The number of carbonyl (C=O) groups excluding carboxylic acids is 1. The quantitative estimate of drug-likeness (QED) is 0.650. The van der Waals surface area contributed by atoms with Crippen molar-refractivity contribution in [3.63, 3.8) is 0 Å². The third-order valence-corrected chi connectivity index (χ3v) is 5.57. The molecule has 1 saturated heterocycles. The Morgan fingerprint density at radius 3 is 2.85 bits per heavy atom. The Kier molecular flexibility index (Phi) is 4.79. The number of esters is 1. The van der Waals surface area contributed by atoms with E-state index in [1.165, 1.54) is 30.6 Å². The summed E-state index contributed by atoms with van der Waals surface area (Å²) >= 11 is 1.52. The van der Waals surface area contributed by atoms with Gasteiger partial charge in [-0.15, -0.1) is 0 Å². The van der Waals surface area contributed by atoms with Gasteiger partial charge in [0.2, 0.25) is 0 Å². The maximum absolute atomic E-state index is 12.5. The summed E-state index contributed by atoms with van der Waals surface area (Å²) in [5.74, 6) is -0.334. The van der Waals surface area contributed by atoms with E-state index >= 15 is 0 Å². The van der Waals surface area contributed by atoms with Gasteiger partial charge < -0.3 is 9.64 Å². The zero-order valence-electron chi connectivity index (χ0n) is 14.6. The number of nitrogens with zero attached hydrogens (tertiary/aromatic N) is 4. The molecule has 4 rings (SSSR count). The normalized spacial score (nSPS) is 14.6. The highest BCUT2D eigenvalue weighted by molar-refractivity contribution is 7.22. The van der Waals surface area contributed by atoms with E-state index in [1.54, 1.807) is 18.5 Å². The largest absolute Gasteiger partial charge is 0.462 e. The SMILES string of the molecule is CCOC(=O)c1cc(-c2cccnc2)nc2nc(N3CCCCC3)sc12. The van der Waals surface area contributed by atoms with Crippen molar-refractivity contribution >= 4 is 32.8 Å². The molecule has 134 valence electrons. The summed E-state index contributed by atoms with van der Waals surface area (Å²) < 4.78 is 6.05. The van der Waals surface area contributed by atoms with Gasteiger partial charge in [0.05, 0.1) is 22.6 Å². The van der Waals surface area contributed by atoms with Gasteiger partial charge in [-0.2, -0.15) is 4.98 Å². The lowest BCUT2D eigenvalue weighted by Gasteiger charge is -2.25. The number of anilines is 1. The summed E-state index contributed by atoms with van der Waals surface area (Å²) in [7, 11) is 0. The second-order valence-electron chi connectivity index (χ2n) is 6.21. The Morgan fingerprint density at radius 2 is 2.12 bits per heavy atom. The van der Waals surface area contributed by atoms with Crippen LogP contribution in [0.3, 0.4) is 0 Å². The van der Waals surface area contributed by atoms with Crippen LogP contribution in [0.4, 0.5) is 5.13 Å². The molecule has 26 heavy (non-hydrogen) atoms. The number of fused-ring (bicyclic) bond motifs is 1. The molecule has 0 unspecified atom stereocenters. The van der Waals surface area contributed by atoms with E-state index in [2.05, 4.69) is 14.9 Å². The molecule has 0 N–H and O–H groups in total. The van der Waals surface area contributed by atoms with Gasteiger partial charge >= 0.3 is 5.97 Å². The number of hydrogen-bond donors (Lipinski definition) is 0. The number of ether oxygens (including phenoxy) is 1. The smallest absolute Gasteiger partial charge is 0.339 e. The predicted octanol–water partition coefficient (Wildman–Crippen LogP) is 3.92. The first-order valence-electron chi connectivity index (χ1n) is 8.90. The van der Waals surface area contributed by atoms with Gasteiger partial charge in [-0.25, -0.2) is 9.78 Å². The van der Waals surface area contributed by atoms with Crippen LogP contribution in [0.1, 0.15) is 36.5 Å². The van der Waals surface area contributed by atoms with E-state index in [4.69, 9.17) is 9.72 Å². The van der Waals surface area contributed by atoms with Crippen LogP contribution in [0.2, 0.25) is 0 Å². The number of rotatable bonds is 4. The number of piperidine rings is 1. The summed E-state index contributed by atoms with van der Waals surface area (Å²) in [4.78, 5) is 28.4. The number of aromatic nitrogens is 3. The molecular weight excluding hydrogens is 348 g/mol. The van der Waals surface area contributed by atoms with Gasteiger partial charge in [0, 0.05) is 31.0 Å². The van der Waals surface area contributed by atoms with Crippen molar-refractivity contribution in [3.05, 3.63) is 36.2 Å². The van der Waals surface area contributed by atoms with Crippen LogP contribution in [-0.2, 0) is 4.74 Å². The Balaban J connectivity index is 1.83. The number of carbonyl (C=O) groups is 1. The molecule has 3 aromatic heterocycles. The molecule has 7 heteroatoms. The molecule has 1 aliphatic heterocycles. The van der Waals surface area contributed by atoms with E-state index in [-0.39, 0.29) is 5.97 Å². The van der Waals surface area contributed by atoms with E-state index in [9.17, 15) is 4.79 Å². The van der Waals surface area contributed by atoms with Crippen LogP contribution in [0, 0.1) is 0 Å². The van der Waals surface area contributed by atoms with Crippen molar-refractivity contribution in [2.24, 2.45) is 0 Å². The van der Waals surface area contributed by atoms with Crippen molar-refractivity contribution in [2.45, 2.75) is 26.2 Å². The van der Waals surface area contributed by atoms with Crippen molar-refractivity contribution in [2.75, 3.05) is 24.6 Å². The molecule has 0 spiro atoms. The summed E-state index contributed by atoms with van der Waals surface area (Å²) in [5, 5.41) is 0.932. The molecule has 3 aromatic rings. The van der Waals surface area contributed by atoms with Crippen LogP contribution < -0.4 is 4.90 Å².